The monoisotopic (exact) mass is 547 g/mol. The van der Waals surface area contributed by atoms with Crippen molar-refractivity contribution in [1.82, 2.24) is 5.32 Å². The number of carbonyl (C=O) groups is 2. The van der Waals surface area contributed by atoms with Crippen LogP contribution in [0.2, 0.25) is 5.02 Å². The summed E-state index contributed by atoms with van der Waals surface area (Å²) in [6.07, 6.45) is 0.603. The van der Waals surface area contributed by atoms with E-state index in [2.05, 4.69) is 21.2 Å². The van der Waals surface area contributed by atoms with Gasteiger partial charge in [0.1, 0.15) is 30.8 Å². The minimum atomic E-state index is -1.19. The number of ether oxygens (including phenoxy) is 2. The minimum Gasteiger partial charge on any atom is -0.487 e. The fourth-order valence-corrected chi connectivity index (χ4v) is 4.08. The van der Waals surface area contributed by atoms with E-state index in [1.54, 1.807) is 12.1 Å². The summed E-state index contributed by atoms with van der Waals surface area (Å²) in [7, 11) is 0. The highest BCUT2D eigenvalue weighted by Gasteiger charge is 2.18. The Morgan fingerprint density at radius 1 is 1.06 bits per heavy atom. The molecule has 0 fully saturated rings. The highest BCUT2D eigenvalue weighted by atomic mass is 79.9. The first kappa shape index (κ1) is 25.7. The first-order valence-corrected chi connectivity index (χ1v) is 11.5. The van der Waals surface area contributed by atoms with E-state index in [9.17, 15) is 14.7 Å². The van der Waals surface area contributed by atoms with E-state index in [0.717, 1.165) is 21.2 Å². The Bertz CT molecular complexity index is 1140. The summed E-state index contributed by atoms with van der Waals surface area (Å²) in [5, 5.41) is 21.3. The third-order valence-electron chi connectivity index (χ3n) is 4.99. The molecule has 9 heteroatoms. The van der Waals surface area contributed by atoms with E-state index in [1.165, 1.54) is 0 Å². The second-order valence-corrected chi connectivity index (χ2v) is 8.46. The predicted molar refractivity (Wildman–Crippen MR) is 132 cm³/mol. The fourth-order valence-electron chi connectivity index (χ4n) is 3.23. The van der Waals surface area contributed by atoms with Crippen molar-refractivity contribution < 1.29 is 29.3 Å². The molecule has 1 unspecified atom stereocenters. The topological polar surface area (TPSA) is 105 Å². The summed E-state index contributed by atoms with van der Waals surface area (Å²) >= 11 is 10.1. The zero-order chi connectivity index (χ0) is 24.5. The summed E-state index contributed by atoms with van der Waals surface area (Å²) in [6.45, 7) is -0.500. The van der Waals surface area contributed by atoms with Crippen LogP contribution in [0.3, 0.4) is 0 Å². The number of carboxylic acids is 1. The van der Waals surface area contributed by atoms with Crippen LogP contribution in [0.15, 0.2) is 65.1 Å². The van der Waals surface area contributed by atoms with Crippen LogP contribution < -0.4 is 14.8 Å². The van der Waals surface area contributed by atoms with Crippen LogP contribution in [-0.2, 0) is 22.7 Å². The summed E-state index contributed by atoms with van der Waals surface area (Å²) in [5.74, 6) is -0.523. The lowest BCUT2D eigenvalue weighted by molar-refractivity contribution is -0.140. The summed E-state index contributed by atoms with van der Waals surface area (Å²) in [4.78, 5) is 22.0. The Morgan fingerprint density at radius 2 is 1.82 bits per heavy atom. The number of benzene rings is 3. The van der Waals surface area contributed by atoms with Gasteiger partial charge in [0, 0.05) is 28.2 Å². The van der Waals surface area contributed by atoms with Crippen molar-refractivity contribution in [2.75, 3.05) is 13.2 Å². The number of hydrogen-bond donors (Lipinski definition) is 3. The third kappa shape index (κ3) is 6.57. The number of aliphatic hydroxyl groups excluding tert-OH is 1. The standard InChI is InChI=1S/C25H23BrClNO6/c26-24-17(7-4-8-19(24)16-5-2-1-3-6-16)15-34-23-12-22(33-10-9-29)18(11-20(23)27)13-28-21(14-30)25(31)32/h1-9,11-12,21,28,30H,10,13-15H2,(H,31,32). The van der Waals surface area contributed by atoms with Crippen molar-refractivity contribution in [3.8, 4) is 22.6 Å². The largest absolute Gasteiger partial charge is 0.487 e. The predicted octanol–water partition coefficient (Wildman–Crippen LogP) is 4.46. The average molecular weight is 549 g/mol. The number of aldehydes is 1. The number of aliphatic hydroxyl groups is 1. The number of nitrogens with one attached hydrogen (secondary N) is 1. The molecule has 0 aliphatic carbocycles. The van der Waals surface area contributed by atoms with Crippen molar-refractivity contribution in [1.29, 1.82) is 0 Å². The molecule has 7 nitrogen and oxygen atoms in total. The maximum atomic E-state index is 11.1. The molecule has 0 radical (unpaired) electrons. The summed E-state index contributed by atoms with van der Waals surface area (Å²) < 4.78 is 12.4. The summed E-state index contributed by atoms with van der Waals surface area (Å²) in [5.41, 5.74) is 3.52. The first-order chi connectivity index (χ1) is 16.4. The van der Waals surface area contributed by atoms with Gasteiger partial charge >= 0.3 is 5.97 Å². The van der Waals surface area contributed by atoms with Crippen molar-refractivity contribution in [3.63, 3.8) is 0 Å². The molecule has 178 valence electrons. The van der Waals surface area contributed by atoms with Crippen molar-refractivity contribution in [3.05, 3.63) is 81.3 Å². The highest BCUT2D eigenvalue weighted by Crippen LogP contribution is 2.35. The molecule has 34 heavy (non-hydrogen) atoms. The molecule has 0 aromatic heterocycles. The SMILES string of the molecule is O=CCOc1cc(OCc2cccc(-c3ccccc3)c2Br)c(Cl)cc1CNC(CO)C(=O)O. The van der Waals surface area contributed by atoms with Crippen LogP contribution in [0.4, 0.5) is 0 Å². The number of carboxylic acid groups (broad SMARTS) is 1. The molecule has 0 saturated carbocycles. The van der Waals surface area contributed by atoms with E-state index in [4.69, 9.17) is 26.2 Å². The number of carbonyl (C=O) groups excluding carboxylic acids is 1. The molecular formula is C25H23BrClNO6. The highest BCUT2D eigenvalue weighted by molar-refractivity contribution is 9.10. The van der Waals surface area contributed by atoms with E-state index in [1.807, 2.05) is 48.5 Å². The third-order valence-corrected chi connectivity index (χ3v) is 6.22. The van der Waals surface area contributed by atoms with Crippen LogP contribution in [-0.4, -0.2) is 41.7 Å². The molecular weight excluding hydrogens is 526 g/mol. The molecule has 0 aliphatic heterocycles. The second kappa shape index (κ2) is 12.5. The number of rotatable bonds is 12. The lowest BCUT2D eigenvalue weighted by atomic mass is 10.0. The van der Waals surface area contributed by atoms with Gasteiger partial charge < -0.3 is 19.7 Å². The van der Waals surface area contributed by atoms with Crippen LogP contribution in [0, 0.1) is 0 Å². The van der Waals surface area contributed by atoms with Gasteiger partial charge in [-0.3, -0.25) is 14.9 Å². The normalized spacial score (nSPS) is 11.6. The molecule has 0 saturated heterocycles. The van der Waals surface area contributed by atoms with E-state index < -0.39 is 18.6 Å². The molecule has 0 aliphatic rings. The van der Waals surface area contributed by atoms with E-state index >= 15 is 0 Å². The number of hydrogen-bond acceptors (Lipinski definition) is 6. The van der Waals surface area contributed by atoms with Gasteiger partial charge in [-0.25, -0.2) is 0 Å². The van der Waals surface area contributed by atoms with Gasteiger partial charge in [-0.05, 0) is 33.1 Å². The average Bonchev–Trinajstić information content (AvgIpc) is 2.84. The Labute approximate surface area is 210 Å². The summed E-state index contributed by atoms with van der Waals surface area (Å²) in [6, 6.07) is 17.8. The lowest BCUT2D eigenvalue weighted by Gasteiger charge is -2.17. The molecule has 3 N–H and O–H groups in total. The molecule has 0 heterocycles. The first-order valence-electron chi connectivity index (χ1n) is 10.4. The van der Waals surface area contributed by atoms with Crippen LogP contribution in [0.1, 0.15) is 11.1 Å². The van der Waals surface area contributed by atoms with Gasteiger partial charge in [-0.15, -0.1) is 0 Å². The van der Waals surface area contributed by atoms with E-state index in [-0.39, 0.29) is 19.8 Å². The number of halogens is 2. The lowest BCUT2D eigenvalue weighted by Crippen LogP contribution is -2.39. The molecule has 3 aromatic carbocycles. The van der Waals surface area contributed by atoms with Crippen molar-refractivity contribution >= 4 is 39.8 Å². The zero-order valence-electron chi connectivity index (χ0n) is 18.0. The van der Waals surface area contributed by atoms with Gasteiger partial charge in [0.15, 0.2) is 6.29 Å². The smallest absolute Gasteiger partial charge is 0.323 e. The van der Waals surface area contributed by atoms with Gasteiger partial charge in [-0.2, -0.15) is 0 Å². The van der Waals surface area contributed by atoms with Gasteiger partial charge in [-0.1, -0.05) is 60.1 Å². The molecule has 3 rings (SSSR count). The van der Waals surface area contributed by atoms with Crippen LogP contribution >= 0.6 is 27.5 Å². The molecule has 0 spiro atoms. The molecule has 0 amide bonds. The van der Waals surface area contributed by atoms with Gasteiger partial charge in [0.05, 0.1) is 11.6 Å². The zero-order valence-corrected chi connectivity index (χ0v) is 20.4. The Hall–Kier alpha value is -2.91. The second-order valence-electron chi connectivity index (χ2n) is 7.26. The fraction of sp³-hybridized carbons (Fsp3) is 0.200. The van der Waals surface area contributed by atoms with Crippen molar-refractivity contribution in [2.24, 2.45) is 0 Å². The quantitative estimate of drug-likeness (QED) is 0.287. The molecule has 3 aromatic rings. The van der Waals surface area contributed by atoms with Gasteiger partial charge in [0.2, 0.25) is 0 Å². The van der Waals surface area contributed by atoms with Crippen molar-refractivity contribution in [2.45, 2.75) is 19.2 Å². The number of aliphatic carboxylic acids is 1. The van der Waals surface area contributed by atoms with Crippen LogP contribution in [0.5, 0.6) is 11.5 Å². The Kier molecular flexibility index (Phi) is 9.47. The van der Waals surface area contributed by atoms with Gasteiger partial charge in [0.25, 0.3) is 0 Å². The minimum absolute atomic E-state index is 0.0520. The Balaban J connectivity index is 1.81. The van der Waals surface area contributed by atoms with E-state index in [0.29, 0.717) is 28.4 Å². The maximum Gasteiger partial charge on any atom is 0.323 e. The van der Waals surface area contributed by atoms with Crippen LogP contribution in [0.25, 0.3) is 11.1 Å². The molecule has 1 atom stereocenters. The Morgan fingerprint density at radius 3 is 2.50 bits per heavy atom. The maximum absolute atomic E-state index is 11.1. The molecule has 0 bridgehead atoms.